The lowest BCUT2D eigenvalue weighted by atomic mass is 10.1. The van der Waals surface area contributed by atoms with E-state index in [1.165, 1.54) is 11.1 Å². The van der Waals surface area contributed by atoms with Crippen LogP contribution in [0.3, 0.4) is 0 Å². The molecular formula is C19H17N3O. The van der Waals surface area contributed by atoms with Gasteiger partial charge in [0.2, 0.25) is 0 Å². The van der Waals surface area contributed by atoms with E-state index in [1.54, 1.807) is 18.3 Å². The Morgan fingerprint density at radius 3 is 2.57 bits per heavy atom. The quantitative estimate of drug-likeness (QED) is 0.607. The minimum atomic E-state index is 0.304. The van der Waals surface area contributed by atoms with E-state index in [4.69, 9.17) is 0 Å². The molecule has 2 aromatic heterocycles. The van der Waals surface area contributed by atoms with Crippen molar-refractivity contribution in [2.45, 2.75) is 13.1 Å². The third kappa shape index (κ3) is 2.89. The number of hydrogen-bond acceptors (Lipinski definition) is 3. The van der Waals surface area contributed by atoms with Crippen molar-refractivity contribution >= 4 is 16.3 Å². The lowest BCUT2D eigenvalue weighted by Gasteiger charge is -2.07. The number of aromatic nitrogens is 2. The molecule has 0 aliphatic heterocycles. The molecule has 0 aliphatic carbocycles. The number of phenols is 1. The second-order valence-electron chi connectivity index (χ2n) is 5.70. The van der Waals surface area contributed by atoms with Crippen LogP contribution >= 0.6 is 0 Å². The molecule has 23 heavy (non-hydrogen) atoms. The number of nitrogens with one attached hydrogen (secondary N) is 1. The van der Waals surface area contributed by atoms with Crippen LogP contribution in [0.25, 0.3) is 16.3 Å². The highest BCUT2D eigenvalue weighted by Gasteiger charge is 2.00. The molecule has 114 valence electrons. The molecule has 4 aromatic rings. The van der Waals surface area contributed by atoms with Crippen LogP contribution in [0.4, 0.5) is 0 Å². The topological polar surface area (TPSA) is 49.6 Å². The van der Waals surface area contributed by atoms with Gasteiger partial charge >= 0.3 is 0 Å². The van der Waals surface area contributed by atoms with E-state index in [9.17, 15) is 5.11 Å². The summed E-state index contributed by atoms with van der Waals surface area (Å²) in [6.45, 7) is 1.62. The number of benzene rings is 2. The first kappa shape index (κ1) is 13.8. The van der Waals surface area contributed by atoms with Gasteiger partial charge in [-0.25, -0.2) is 4.52 Å². The minimum Gasteiger partial charge on any atom is -0.508 e. The predicted octanol–water partition coefficient (Wildman–Crippen LogP) is 3.48. The summed E-state index contributed by atoms with van der Waals surface area (Å²) in [5.41, 5.74) is 3.58. The SMILES string of the molecule is Oc1ccc2cc(CNCc3ccn4nccc4c3)ccc2c1. The van der Waals surface area contributed by atoms with E-state index in [1.807, 2.05) is 28.9 Å². The highest BCUT2D eigenvalue weighted by molar-refractivity contribution is 5.84. The van der Waals surface area contributed by atoms with Crippen molar-refractivity contribution in [3.8, 4) is 5.75 Å². The second-order valence-corrected chi connectivity index (χ2v) is 5.70. The summed E-state index contributed by atoms with van der Waals surface area (Å²) in [6, 6.07) is 18.0. The van der Waals surface area contributed by atoms with Gasteiger partial charge in [0.15, 0.2) is 0 Å². The van der Waals surface area contributed by atoms with Crippen LogP contribution in [0.5, 0.6) is 5.75 Å². The maximum atomic E-state index is 9.51. The zero-order valence-corrected chi connectivity index (χ0v) is 12.6. The summed E-state index contributed by atoms with van der Waals surface area (Å²) in [6.07, 6.45) is 3.79. The van der Waals surface area contributed by atoms with Gasteiger partial charge in [0.05, 0.1) is 5.52 Å². The summed E-state index contributed by atoms with van der Waals surface area (Å²) >= 11 is 0. The fourth-order valence-electron chi connectivity index (χ4n) is 2.82. The predicted molar refractivity (Wildman–Crippen MR) is 91.3 cm³/mol. The fourth-order valence-corrected chi connectivity index (χ4v) is 2.82. The van der Waals surface area contributed by atoms with Crippen molar-refractivity contribution in [2.75, 3.05) is 0 Å². The number of nitrogens with zero attached hydrogens (tertiary/aromatic N) is 2. The Morgan fingerprint density at radius 1 is 0.870 bits per heavy atom. The lowest BCUT2D eigenvalue weighted by molar-refractivity contribution is 0.476. The van der Waals surface area contributed by atoms with Crippen molar-refractivity contribution in [1.82, 2.24) is 14.9 Å². The molecule has 4 nitrogen and oxygen atoms in total. The summed E-state index contributed by atoms with van der Waals surface area (Å²) < 4.78 is 1.86. The molecule has 0 atom stereocenters. The van der Waals surface area contributed by atoms with E-state index >= 15 is 0 Å². The van der Waals surface area contributed by atoms with Gasteiger partial charge in [0.25, 0.3) is 0 Å². The Morgan fingerprint density at radius 2 is 1.65 bits per heavy atom. The number of phenolic OH excluding ortho intramolecular Hbond substituents is 1. The number of fused-ring (bicyclic) bond motifs is 2. The first-order valence-electron chi connectivity index (χ1n) is 7.63. The monoisotopic (exact) mass is 303 g/mol. The van der Waals surface area contributed by atoms with E-state index in [0.29, 0.717) is 5.75 Å². The second kappa shape index (κ2) is 5.74. The molecule has 0 saturated carbocycles. The molecule has 0 saturated heterocycles. The molecule has 0 bridgehead atoms. The van der Waals surface area contributed by atoms with Crippen molar-refractivity contribution in [1.29, 1.82) is 0 Å². The van der Waals surface area contributed by atoms with Crippen LogP contribution in [0.15, 0.2) is 67.0 Å². The van der Waals surface area contributed by atoms with Crippen LogP contribution in [0.1, 0.15) is 11.1 Å². The summed E-state index contributed by atoms with van der Waals surface area (Å²) in [7, 11) is 0. The first-order valence-corrected chi connectivity index (χ1v) is 7.63. The van der Waals surface area contributed by atoms with Gasteiger partial charge in [0, 0.05) is 25.5 Å². The van der Waals surface area contributed by atoms with E-state index < -0.39 is 0 Å². The third-order valence-electron chi connectivity index (χ3n) is 4.01. The zero-order chi connectivity index (χ0) is 15.6. The molecule has 4 rings (SSSR count). The summed E-state index contributed by atoms with van der Waals surface area (Å²) in [4.78, 5) is 0. The fraction of sp³-hybridized carbons (Fsp3) is 0.105. The normalized spacial score (nSPS) is 11.3. The molecule has 0 unspecified atom stereocenters. The Bertz CT molecular complexity index is 975. The molecule has 2 aromatic carbocycles. The molecular weight excluding hydrogens is 286 g/mol. The molecule has 0 amide bonds. The first-order chi connectivity index (χ1) is 11.3. The Kier molecular flexibility index (Phi) is 3.44. The van der Waals surface area contributed by atoms with Crippen molar-refractivity contribution in [3.05, 3.63) is 78.1 Å². The number of hydrogen-bond donors (Lipinski definition) is 2. The molecule has 2 heterocycles. The lowest BCUT2D eigenvalue weighted by Crippen LogP contribution is -2.12. The van der Waals surface area contributed by atoms with Gasteiger partial charge in [-0.3, -0.25) is 0 Å². The van der Waals surface area contributed by atoms with Crippen LogP contribution in [-0.2, 0) is 13.1 Å². The number of pyridine rings is 1. The van der Waals surface area contributed by atoms with E-state index in [-0.39, 0.29) is 0 Å². The van der Waals surface area contributed by atoms with Crippen LogP contribution in [-0.4, -0.2) is 14.7 Å². The molecule has 4 heteroatoms. The Hall–Kier alpha value is -2.85. The highest BCUT2D eigenvalue weighted by Crippen LogP contribution is 2.21. The van der Waals surface area contributed by atoms with E-state index in [0.717, 1.165) is 29.4 Å². The van der Waals surface area contributed by atoms with Crippen LogP contribution in [0, 0.1) is 0 Å². The number of rotatable bonds is 4. The van der Waals surface area contributed by atoms with Gasteiger partial charge in [-0.05, 0) is 58.3 Å². The van der Waals surface area contributed by atoms with E-state index in [2.05, 4.69) is 34.7 Å². The van der Waals surface area contributed by atoms with Gasteiger partial charge in [-0.15, -0.1) is 0 Å². The standard InChI is InChI=1S/C19H17N3O/c23-19-4-3-16-9-14(1-2-17(16)11-19)12-20-13-15-6-8-22-18(10-15)5-7-21-22/h1-11,20,23H,12-13H2. The molecule has 0 radical (unpaired) electrons. The van der Waals surface area contributed by atoms with Gasteiger partial charge < -0.3 is 10.4 Å². The van der Waals surface area contributed by atoms with Crippen LogP contribution < -0.4 is 5.32 Å². The Balaban J connectivity index is 1.45. The van der Waals surface area contributed by atoms with Crippen LogP contribution in [0.2, 0.25) is 0 Å². The van der Waals surface area contributed by atoms with Gasteiger partial charge in [0.1, 0.15) is 5.75 Å². The van der Waals surface area contributed by atoms with Gasteiger partial charge in [-0.2, -0.15) is 5.10 Å². The largest absolute Gasteiger partial charge is 0.508 e. The molecule has 0 aliphatic rings. The average molecular weight is 303 g/mol. The molecule has 0 fully saturated rings. The maximum Gasteiger partial charge on any atom is 0.116 e. The molecule has 0 spiro atoms. The van der Waals surface area contributed by atoms with Crippen molar-refractivity contribution < 1.29 is 5.11 Å². The maximum absolute atomic E-state index is 9.51. The summed E-state index contributed by atoms with van der Waals surface area (Å²) in [5, 5.41) is 19.4. The molecule has 2 N–H and O–H groups in total. The summed E-state index contributed by atoms with van der Waals surface area (Å²) in [5.74, 6) is 0.304. The third-order valence-corrected chi connectivity index (χ3v) is 4.01. The Labute approximate surface area is 134 Å². The van der Waals surface area contributed by atoms with Crippen molar-refractivity contribution in [2.24, 2.45) is 0 Å². The van der Waals surface area contributed by atoms with Gasteiger partial charge in [-0.1, -0.05) is 18.2 Å². The van der Waals surface area contributed by atoms with Crippen molar-refractivity contribution in [3.63, 3.8) is 0 Å². The highest BCUT2D eigenvalue weighted by atomic mass is 16.3. The smallest absolute Gasteiger partial charge is 0.116 e. The average Bonchev–Trinajstić information content (AvgIpc) is 3.02. The zero-order valence-electron chi connectivity index (χ0n) is 12.6. The number of aromatic hydroxyl groups is 1. The minimum absolute atomic E-state index is 0.304.